The Morgan fingerprint density at radius 2 is 2.14 bits per heavy atom. The van der Waals surface area contributed by atoms with Crippen molar-refractivity contribution in [2.24, 2.45) is 0 Å². The Morgan fingerprint density at radius 1 is 1.71 bits per heavy atom. The maximum absolute atomic E-state index is 9.96. The largest absolute Gasteiger partial charge is 0.469 e. The van der Waals surface area contributed by atoms with E-state index in [0.29, 0.717) is 6.42 Å². The molecule has 0 aliphatic heterocycles. The molecule has 3 heteroatoms. The van der Waals surface area contributed by atoms with Gasteiger partial charge in [0.2, 0.25) is 0 Å². The van der Waals surface area contributed by atoms with Crippen molar-refractivity contribution in [3.63, 3.8) is 0 Å². The molecule has 2 nitrogen and oxygen atoms in total. The quantitative estimate of drug-likeness (QED) is 0.407. The molecule has 0 aromatic rings. The fourth-order valence-corrected chi connectivity index (χ4v) is 0.144. The first-order valence-corrected chi connectivity index (χ1v) is 1.88. The van der Waals surface area contributed by atoms with E-state index in [1.165, 1.54) is 7.11 Å². The van der Waals surface area contributed by atoms with Crippen LogP contribution in [0.3, 0.4) is 0 Å². The molecule has 38 valence electrons. The van der Waals surface area contributed by atoms with Gasteiger partial charge in [0.15, 0.2) is 0 Å². The van der Waals surface area contributed by atoms with Gasteiger partial charge in [0, 0.05) is 25.9 Å². The number of esters is 1. The summed E-state index contributed by atoms with van der Waals surface area (Å²) in [5.74, 6) is -0.157. The molecule has 0 spiro atoms. The standard InChI is InChI=1S/C4H8O2.Zn/c1-3-4(5)6-2;/h3H2,1-2H3;. The molecule has 0 saturated carbocycles. The van der Waals surface area contributed by atoms with Crippen molar-refractivity contribution in [1.82, 2.24) is 0 Å². The zero-order chi connectivity index (χ0) is 4.99. The summed E-state index contributed by atoms with van der Waals surface area (Å²) in [6.45, 7) is 1.76. The van der Waals surface area contributed by atoms with Crippen molar-refractivity contribution >= 4 is 5.97 Å². The van der Waals surface area contributed by atoms with E-state index in [2.05, 4.69) is 4.74 Å². The van der Waals surface area contributed by atoms with E-state index >= 15 is 0 Å². The molecular formula is C4H8O2Zn. The zero-order valence-corrected chi connectivity index (χ0v) is 7.70. The Bertz CT molecular complexity index is 47.7. The fraction of sp³-hybridized carbons (Fsp3) is 0.750. The topological polar surface area (TPSA) is 26.3 Å². The Balaban J connectivity index is 0. The summed E-state index contributed by atoms with van der Waals surface area (Å²) in [6, 6.07) is 0. The number of rotatable bonds is 1. The third-order valence-electron chi connectivity index (χ3n) is 0.516. The van der Waals surface area contributed by atoms with E-state index in [1.807, 2.05) is 0 Å². The minimum absolute atomic E-state index is 0. The average molecular weight is 153 g/mol. The summed E-state index contributed by atoms with van der Waals surface area (Å²) in [5, 5.41) is 0. The number of hydrogen-bond donors (Lipinski definition) is 0. The summed E-state index contributed by atoms with van der Waals surface area (Å²) in [7, 11) is 1.38. The summed E-state index contributed by atoms with van der Waals surface area (Å²) in [6.07, 6.45) is 0.469. The maximum atomic E-state index is 9.96. The molecule has 0 aromatic heterocycles. The molecular weight excluding hydrogens is 145 g/mol. The van der Waals surface area contributed by atoms with Crippen LogP contribution in [0.4, 0.5) is 0 Å². The smallest absolute Gasteiger partial charge is 0.305 e. The Kier molecular flexibility index (Phi) is 8.84. The van der Waals surface area contributed by atoms with Crippen LogP contribution in [0.2, 0.25) is 0 Å². The average Bonchev–Trinajstić information content (AvgIpc) is 1.65. The molecule has 0 aliphatic rings. The van der Waals surface area contributed by atoms with E-state index in [-0.39, 0.29) is 25.4 Å². The molecule has 0 bridgehead atoms. The number of ether oxygens (including phenoxy) is 1. The van der Waals surface area contributed by atoms with Crippen molar-refractivity contribution in [3.05, 3.63) is 0 Å². The third kappa shape index (κ3) is 6.09. The normalized spacial score (nSPS) is 6.57. The van der Waals surface area contributed by atoms with Gasteiger partial charge in [0.25, 0.3) is 0 Å². The second-order valence-corrected chi connectivity index (χ2v) is 0.930. The van der Waals surface area contributed by atoms with Crippen LogP contribution < -0.4 is 0 Å². The van der Waals surface area contributed by atoms with Crippen LogP contribution in [-0.2, 0) is 29.0 Å². The van der Waals surface area contributed by atoms with Crippen LogP contribution in [0.5, 0.6) is 0 Å². The van der Waals surface area contributed by atoms with E-state index in [0.717, 1.165) is 0 Å². The minimum atomic E-state index is -0.157. The Labute approximate surface area is 56.0 Å². The summed E-state index contributed by atoms with van der Waals surface area (Å²) in [4.78, 5) is 9.96. The van der Waals surface area contributed by atoms with Gasteiger partial charge < -0.3 is 4.74 Å². The monoisotopic (exact) mass is 152 g/mol. The van der Waals surface area contributed by atoms with Crippen molar-refractivity contribution in [3.8, 4) is 0 Å². The summed E-state index contributed by atoms with van der Waals surface area (Å²) in [5.41, 5.74) is 0. The van der Waals surface area contributed by atoms with Gasteiger partial charge in [-0.1, -0.05) is 6.92 Å². The van der Waals surface area contributed by atoms with Gasteiger partial charge in [-0.05, 0) is 0 Å². The molecule has 7 heavy (non-hydrogen) atoms. The number of carbonyl (C=O) groups excluding carboxylic acids is 1. The molecule has 0 atom stereocenters. The van der Waals surface area contributed by atoms with Crippen molar-refractivity contribution in [2.45, 2.75) is 13.3 Å². The molecule has 0 saturated heterocycles. The molecule has 0 heterocycles. The van der Waals surface area contributed by atoms with Crippen LogP contribution in [0.15, 0.2) is 0 Å². The van der Waals surface area contributed by atoms with Crippen molar-refractivity contribution in [2.75, 3.05) is 7.11 Å². The van der Waals surface area contributed by atoms with Gasteiger partial charge in [-0.3, -0.25) is 4.79 Å². The predicted molar refractivity (Wildman–Crippen MR) is 22.3 cm³/mol. The van der Waals surface area contributed by atoms with Crippen LogP contribution in [-0.4, -0.2) is 13.1 Å². The molecule has 0 aliphatic carbocycles. The second-order valence-electron chi connectivity index (χ2n) is 0.930. The van der Waals surface area contributed by atoms with Gasteiger partial charge >= 0.3 is 5.97 Å². The van der Waals surface area contributed by atoms with E-state index in [4.69, 9.17) is 0 Å². The number of carbonyl (C=O) groups is 1. The first-order valence-electron chi connectivity index (χ1n) is 1.88. The summed E-state index contributed by atoms with van der Waals surface area (Å²) >= 11 is 0. The number of methoxy groups -OCH3 is 1. The van der Waals surface area contributed by atoms with Crippen LogP contribution >= 0.6 is 0 Å². The molecule has 0 N–H and O–H groups in total. The van der Waals surface area contributed by atoms with Crippen LogP contribution in [0.25, 0.3) is 0 Å². The summed E-state index contributed by atoms with van der Waals surface area (Å²) < 4.78 is 4.26. The van der Waals surface area contributed by atoms with Gasteiger partial charge in [-0.15, -0.1) is 0 Å². The maximum Gasteiger partial charge on any atom is 0.305 e. The predicted octanol–water partition coefficient (Wildman–Crippen LogP) is 0.567. The molecule has 0 radical (unpaired) electrons. The molecule has 0 aromatic carbocycles. The molecule has 0 rings (SSSR count). The molecule has 0 amide bonds. The SMILES string of the molecule is CCC(=O)OC.[Zn]. The Morgan fingerprint density at radius 3 is 2.14 bits per heavy atom. The van der Waals surface area contributed by atoms with Gasteiger partial charge in [0.1, 0.15) is 0 Å². The first kappa shape index (κ1) is 10.2. The van der Waals surface area contributed by atoms with Crippen LogP contribution in [0, 0.1) is 0 Å². The van der Waals surface area contributed by atoms with E-state index < -0.39 is 0 Å². The number of hydrogen-bond acceptors (Lipinski definition) is 2. The van der Waals surface area contributed by atoms with Gasteiger partial charge in [0.05, 0.1) is 7.11 Å². The van der Waals surface area contributed by atoms with Gasteiger partial charge in [-0.25, -0.2) is 0 Å². The van der Waals surface area contributed by atoms with Crippen LogP contribution in [0.1, 0.15) is 13.3 Å². The third-order valence-corrected chi connectivity index (χ3v) is 0.516. The zero-order valence-electron chi connectivity index (χ0n) is 4.73. The van der Waals surface area contributed by atoms with Gasteiger partial charge in [-0.2, -0.15) is 0 Å². The van der Waals surface area contributed by atoms with Crippen molar-refractivity contribution < 1.29 is 29.0 Å². The first-order chi connectivity index (χ1) is 2.81. The molecule has 0 unspecified atom stereocenters. The Hall–Kier alpha value is 0.0934. The van der Waals surface area contributed by atoms with E-state index in [1.54, 1.807) is 6.92 Å². The molecule has 0 fully saturated rings. The van der Waals surface area contributed by atoms with E-state index in [9.17, 15) is 4.79 Å². The van der Waals surface area contributed by atoms with Crippen molar-refractivity contribution in [1.29, 1.82) is 0 Å². The minimum Gasteiger partial charge on any atom is -0.469 e. The fourth-order valence-electron chi connectivity index (χ4n) is 0.144. The second kappa shape index (κ2) is 6.09.